The first-order valence-corrected chi connectivity index (χ1v) is 6.98. The van der Waals surface area contributed by atoms with Gasteiger partial charge >= 0.3 is 0 Å². The topological polar surface area (TPSA) is 29.5 Å². The van der Waals surface area contributed by atoms with Crippen molar-refractivity contribution in [3.63, 3.8) is 0 Å². The molecule has 1 aliphatic heterocycles. The molecule has 0 N–H and O–H groups in total. The monoisotopic (exact) mass is 269 g/mol. The minimum atomic E-state index is 0.190. The standard InChI is InChI=1S/C12H15NO2S2/c14-10(11-2-1-9-17-11)3-4-12(16)13-5-7-15-8-6-13/h1-2,9H,3-8H2. The summed E-state index contributed by atoms with van der Waals surface area (Å²) in [6, 6.07) is 3.77. The van der Waals surface area contributed by atoms with Crippen molar-refractivity contribution in [2.75, 3.05) is 26.3 Å². The highest BCUT2D eigenvalue weighted by molar-refractivity contribution is 7.80. The number of carbonyl (C=O) groups excluding carboxylic acids is 1. The van der Waals surface area contributed by atoms with E-state index in [-0.39, 0.29) is 5.78 Å². The van der Waals surface area contributed by atoms with Gasteiger partial charge in [-0.05, 0) is 11.4 Å². The molecule has 0 bridgehead atoms. The fourth-order valence-electron chi connectivity index (χ4n) is 1.75. The van der Waals surface area contributed by atoms with Crippen molar-refractivity contribution in [3.8, 4) is 0 Å². The van der Waals surface area contributed by atoms with Crippen LogP contribution in [-0.2, 0) is 4.74 Å². The molecule has 0 aliphatic carbocycles. The second kappa shape index (κ2) is 6.23. The largest absolute Gasteiger partial charge is 0.378 e. The van der Waals surface area contributed by atoms with Crippen molar-refractivity contribution in [2.24, 2.45) is 0 Å². The Bertz CT molecular complexity index is 383. The molecule has 1 aliphatic rings. The molecule has 5 heteroatoms. The van der Waals surface area contributed by atoms with Crippen LogP contribution in [0.1, 0.15) is 22.5 Å². The van der Waals surface area contributed by atoms with E-state index in [1.165, 1.54) is 11.3 Å². The molecule has 0 saturated carbocycles. The maximum absolute atomic E-state index is 11.8. The molecule has 0 radical (unpaired) electrons. The van der Waals surface area contributed by atoms with Crippen LogP contribution < -0.4 is 0 Å². The lowest BCUT2D eigenvalue weighted by Crippen LogP contribution is -2.39. The Balaban J connectivity index is 1.77. The van der Waals surface area contributed by atoms with E-state index < -0.39 is 0 Å². The molecular formula is C12H15NO2S2. The average molecular weight is 269 g/mol. The smallest absolute Gasteiger partial charge is 0.173 e. The number of carbonyl (C=O) groups is 1. The zero-order valence-corrected chi connectivity index (χ0v) is 11.2. The van der Waals surface area contributed by atoms with E-state index in [2.05, 4.69) is 4.90 Å². The maximum Gasteiger partial charge on any atom is 0.173 e. The second-order valence-electron chi connectivity index (χ2n) is 3.89. The third-order valence-electron chi connectivity index (χ3n) is 2.73. The number of ether oxygens (including phenoxy) is 1. The molecule has 3 nitrogen and oxygen atoms in total. The van der Waals surface area contributed by atoms with Crippen LogP contribution in [0.2, 0.25) is 0 Å². The van der Waals surface area contributed by atoms with Gasteiger partial charge in [0.25, 0.3) is 0 Å². The van der Waals surface area contributed by atoms with Crippen LogP contribution in [0.15, 0.2) is 17.5 Å². The predicted molar refractivity (Wildman–Crippen MR) is 72.9 cm³/mol. The Labute approximate surface area is 110 Å². The number of nitrogens with zero attached hydrogens (tertiary/aromatic N) is 1. The number of thiocarbonyl (C=S) groups is 1. The Morgan fingerprint density at radius 2 is 2.18 bits per heavy atom. The lowest BCUT2D eigenvalue weighted by atomic mass is 10.2. The Hall–Kier alpha value is -0.780. The molecule has 0 aromatic carbocycles. The number of hydrogen-bond donors (Lipinski definition) is 0. The summed E-state index contributed by atoms with van der Waals surface area (Å²) in [5, 5.41) is 1.92. The molecule has 0 amide bonds. The number of Topliss-reactive ketones (excluding diaryl/α,β-unsaturated/α-hetero) is 1. The second-order valence-corrected chi connectivity index (χ2v) is 5.31. The Morgan fingerprint density at radius 1 is 1.41 bits per heavy atom. The Kier molecular flexibility index (Phi) is 4.65. The van der Waals surface area contributed by atoms with Gasteiger partial charge in [0.1, 0.15) is 0 Å². The number of ketones is 1. The lowest BCUT2D eigenvalue weighted by Gasteiger charge is -2.29. The fraction of sp³-hybridized carbons (Fsp3) is 0.500. The molecule has 0 unspecified atom stereocenters. The van der Waals surface area contributed by atoms with Gasteiger partial charge in [0.15, 0.2) is 5.78 Å². The zero-order valence-electron chi connectivity index (χ0n) is 9.55. The van der Waals surface area contributed by atoms with Gasteiger partial charge in [-0.1, -0.05) is 18.3 Å². The van der Waals surface area contributed by atoms with E-state index in [9.17, 15) is 4.79 Å². The van der Waals surface area contributed by atoms with Crippen molar-refractivity contribution in [1.29, 1.82) is 0 Å². The minimum Gasteiger partial charge on any atom is -0.378 e. The summed E-state index contributed by atoms with van der Waals surface area (Å²) < 4.78 is 5.27. The SMILES string of the molecule is O=C(CCC(=S)N1CCOCC1)c1cccs1. The van der Waals surface area contributed by atoms with Crippen molar-refractivity contribution in [3.05, 3.63) is 22.4 Å². The van der Waals surface area contributed by atoms with Gasteiger partial charge in [0, 0.05) is 25.9 Å². The molecule has 1 aromatic rings. The van der Waals surface area contributed by atoms with Crippen LogP contribution >= 0.6 is 23.6 Å². The quantitative estimate of drug-likeness (QED) is 0.620. The molecule has 17 heavy (non-hydrogen) atoms. The zero-order chi connectivity index (χ0) is 12.1. The minimum absolute atomic E-state index is 0.190. The Morgan fingerprint density at radius 3 is 2.82 bits per heavy atom. The van der Waals surface area contributed by atoms with E-state index in [0.29, 0.717) is 12.8 Å². The van der Waals surface area contributed by atoms with Crippen LogP contribution in [0, 0.1) is 0 Å². The third kappa shape index (κ3) is 3.59. The molecule has 0 atom stereocenters. The summed E-state index contributed by atoms with van der Waals surface area (Å²) in [5.41, 5.74) is 0. The highest BCUT2D eigenvalue weighted by Gasteiger charge is 2.15. The first kappa shape index (κ1) is 12.7. The van der Waals surface area contributed by atoms with Crippen molar-refractivity contribution in [1.82, 2.24) is 4.90 Å². The van der Waals surface area contributed by atoms with Crippen LogP contribution in [0.5, 0.6) is 0 Å². The number of rotatable bonds is 4. The highest BCUT2D eigenvalue weighted by Crippen LogP contribution is 2.13. The summed E-state index contributed by atoms with van der Waals surface area (Å²) >= 11 is 6.84. The summed E-state index contributed by atoms with van der Waals surface area (Å²) in [4.78, 5) is 15.7. The van der Waals surface area contributed by atoms with Crippen LogP contribution in [0.25, 0.3) is 0 Å². The van der Waals surface area contributed by atoms with E-state index in [0.717, 1.165) is 36.2 Å². The first-order chi connectivity index (χ1) is 8.27. The van der Waals surface area contributed by atoms with Crippen LogP contribution in [0.4, 0.5) is 0 Å². The van der Waals surface area contributed by atoms with Crippen molar-refractivity contribution >= 4 is 34.3 Å². The van der Waals surface area contributed by atoms with Gasteiger partial charge in [0.2, 0.25) is 0 Å². The first-order valence-electron chi connectivity index (χ1n) is 5.69. The average Bonchev–Trinajstić information content (AvgIpc) is 2.90. The van der Waals surface area contributed by atoms with Crippen molar-refractivity contribution < 1.29 is 9.53 Å². The summed E-state index contributed by atoms with van der Waals surface area (Å²) in [7, 11) is 0. The molecule has 1 fully saturated rings. The fourth-order valence-corrected chi connectivity index (χ4v) is 2.73. The van der Waals surface area contributed by atoms with Gasteiger partial charge in [-0.15, -0.1) is 11.3 Å². The molecule has 1 saturated heterocycles. The van der Waals surface area contributed by atoms with E-state index in [1.54, 1.807) is 0 Å². The normalized spacial score (nSPS) is 15.9. The van der Waals surface area contributed by atoms with Gasteiger partial charge < -0.3 is 9.64 Å². The van der Waals surface area contributed by atoms with Crippen LogP contribution in [0.3, 0.4) is 0 Å². The molecule has 1 aromatic heterocycles. The summed E-state index contributed by atoms with van der Waals surface area (Å²) in [6.07, 6.45) is 1.18. The van der Waals surface area contributed by atoms with E-state index in [1.807, 2.05) is 17.5 Å². The number of hydrogen-bond acceptors (Lipinski definition) is 4. The number of morpholine rings is 1. The highest BCUT2D eigenvalue weighted by atomic mass is 32.1. The summed E-state index contributed by atoms with van der Waals surface area (Å²) in [6.45, 7) is 3.18. The lowest BCUT2D eigenvalue weighted by molar-refractivity contribution is 0.0681. The number of thiophene rings is 1. The predicted octanol–water partition coefficient (Wildman–Crippen LogP) is 2.37. The van der Waals surface area contributed by atoms with Gasteiger partial charge in [-0.25, -0.2) is 0 Å². The van der Waals surface area contributed by atoms with Gasteiger partial charge in [-0.3, -0.25) is 4.79 Å². The van der Waals surface area contributed by atoms with Crippen molar-refractivity contribution in [2.45, 2.75) is 12.8 Å². The molecule has 0 spiro atoms. The summed E-state index contributed by atoms with van der Waals surface area (Å²) in [5.74, 6) is 0.190. The van der Waals surface area contributed by atoms with Crippen LogP contribution in [-0.4, -0.2) is 42.0 Å². The molecule has 2 heterocycles. The van der Waals surface area contributed by atoms with Gasteiger partial charge in [-0.2, -0.15) is 0 Å². The van der Waals surface area contributed by atoms with E-state index in [4.69, 9.17) is 17.0 Å². The van der Waals surface area contributed by atoms with Gasteiger partial charge in [0.05, 0.1) is 23.1 Å². The molecule has 2 rings (SSSR count). The maximum atomic E-state index is 11.8. The third-order valence-corrected chi connectivity index (χ3v) is 4.10. The molecule has 92 valence electrons. The van der Waals surface area contributed by atoms with E-state index >= 15 is 0 Å². The molecular weight excluding hydrogens is 254 g/mol.